The van der Waals surface area contributed by atoms with Crippen LogP contribution < -0.4 is 5.32 Å². The molecule has 0 bridgehead atoms. The van der Waals surface area contributed by atoms with Gasteiger partial charge in [0.25, 0.3) is 0 Å². The van der Waals surface area contributed by atoms with Gasteiger partial charge in [0, 0.05) is 22.9 Å². The highest BCUT2D eigenvalue weighted by Crippen LogP contribution is 2.15. The van der Waals surface area contributed by atoms with E-state index in [1.807, 2.05) is 18.2 Å². The quantitative estimate of drug-likeness (QED) is 0.718. The Bertz CT molecular complexity index is 749. The maximum atomic E-state index is 12.0. The van der Waals surface area contributed by atoms with Gasteiger partial charge in [-0.05, 0) is 29.3 Å². The van der Waals surface area contributed by atoms with Crippen LogP contribution in [0.4, 0.5) is 4.79 Å². The smallest absolute Gasteiger partial charge is 0.407 e. The van der Waals surface area contributed by atoms with E-state index in [1.54, 1.807) is 30.3 Å². The van der Waals surface area contributed by atoms with E-state index in [2.05, 4.69) is 5.32 Å². The summed E-state index contributed by atoms with van der Waals surface area (Å²) in [5.41, 5.74) is 1.72. The summed E-state index contributed by atoms with van der Waals surface area (Å²) < 4.78 is 9.89. The number of alkyl carbamates (subject to hydrolysis) is 1. The average molecular weight is 396 g/mol. The Kier molecular flexibility index (Phi) is 7.75. The monoisotopic (exact) mass is 395 g/mol. The summed E-state index contributed by atoms with van der Waals surface area (Å²) in [5, 5.41) is 3.74. The zero-order valence-corrected chi connectivity index (χ0v) is 15.7. The normalized spacial score (nSPS) is 11.5. The Hall–Kier alpha value is -2.24. The third-order valence-corrected chi connectivity index (χ3v) is 4.31. The first kappa shape index (κ1) is 20.1. The van der Waals surface area contributed by atoms with Crippen LogP contribution in [0.25, 0.3) is 0 Å². The topological polar surface area (TPSA) is 64.6 Å². The Morgan fingerprint density at radius 1 is 1.08 bits per heavy atom. The van der Waals surface area contributed by atoms with Crippen molar-refractivity contribution < 1.29 is 19.1 Å². The van der Waals surface area contributed by atoms with E-state index in [0.717, 1.165) is 11.1 Å². The van der Waals surface area contributed by atoms with Crippen LogP contribution in [0.15, 0.2) is 48.5 Å². The lowest BCUT2D eigenvalue weighted by Crippen LogP contribution is -2.43. The number of rotatable bonds is 7. The standard InChI is InChI=1S/C19H19Cl2NO4/c1-25-18(23)17(12-13-6-8-15(20)9-7-13)22-19(24)26-11-10-14-4-2-3-5-16(14)21/h2-9,17H,10-12H2,1H3,(H,22,24). The summed E-state index contributed by atoms with van der Waals surface area (Å²) >= 11 is 11.9. The van der Waals surface area contributed by atoms with Crippen molar-refractivity contribution in [2.45, 2.75) is 18.9 Å². The summed E-state index contributed by atoms with van der Waals surface area (Å²) in [6, 6.07) is 13.5. The van der Waals surface area contributed by atoms with E-state index in [-0.39, 0.29) is 13.0 Å². The Morgan fingerprint density at radius 3 is 2.42 bits per heavy atom. The number of benzene rings is 2. The molecule has 1 N–H and O–H groups in total. The zero-order valence-electron chi connectivity index (χ0n) is 14.2. The predicted molar refractivity (Wildman–Crippen MR) is 101 cm³/mol. The first-order valence-electron chi connectivity index (χ1n) is 7.98. The molecule has 1 atom stereocenters. The molecule has 0 spiro atoms. The third-order valence-electron chi connectivity index (χ3n) is 3.69. The number of carbonyl (C=O) groups is 2. The molecule has 0 saturated carbocycles. The van der Waals surface area contributed by atoms with Gasteiger partial charge >= 0.3 is 12.1 Å². The second kappa shape index (κ2) is 10.0. The largest absolute Gasteiger partial charge is 0.467 e. The number of amides is 1. The molecule has 2 aromatic carbocycles. The van der Waals surface area contributed by atoms with Crippen LogP contribution in [0.3, 0.4) is 0 Å². The van der Waals surface area contributed by atoms with Gasteiger partial charge in [-0.25, -0.2) is 9.59 Å². The molecule has 0 fully saturated rings. The van der Waals surface area contributed by atoms with Gasteiger partial charge in [-0.3, -0.25) is 0 Å². The van der Waals surface area contributed by atoms with Gasteiger partial charge in [0.15, 0.2) is 0 Å². The number of nitrogens with one attached hydrogen (secondary N) is 1. The summed E-state index contributed by atoms with van der Waals surface area (Å²) in [6.07, 6.45) is 0.0535. The van der Waals surface area contributed by atoms with Crippen LogP contribution in [0.5, 0.6) is 0 Å². The summed E-state index contributed by atoms with van der Waals surface area (Å²) in [6.45, 7) is 0.143. The van der Waals surface area contributed by atoms with Crippen LogP contribution in [-0.2, 0) is 27.1 Å². The number of hydrogen-bond acceptors (Lipinski definition) is 4. The van der Waals surface area contributed by atoms with Crippen molar-refractivity contribution in [3.8, 4) is 0 Å². The Balaban J connectivity index is 1.88. The average Bonchev–Trinajstić information content (AvgIpc) is 2.64. The number of ether oxygens (including phenoxy) is 2. The molecule has 0 radical (unpaired) electrons. The maximum absolute atomic E-state index is 12.0. The minimum Gasteiger partial charge on any atom is -0.467 e. The summed E-state index contributed by atoms with van der Waals surface area (Å²) in [5.74, 6) is -0.553. The van der Waals surface area contributed by atoms with Crippen LogP contribution in [-0.4, -0.2) is 31.8 Å². The number of methoxy groups -OCH3 is 1. The van der Waals surface area contributed by atoms with E-state index < -0.39 is 18.1 Å². The van der Waals surface area contributed by atoms with Crippen molar-refractivity contribution >= 4 is 35.3 Å². The predicted octanol–water partition coefficient (Wildman–Crippen LogP) is 4.05. The van der Waals surface area contributed by atoms with Crippen molar-refractivity contribution in [3.63, 3.8) is 0 Å². The first-order valence-corrected chi connectivity index (χ1v) is 8.74. The molecule has 0 aliphatic carbocycles. The van der Waals surface area contributed by atoms with E-state index in [9.17, 15) is 9.59 Å². The number of hydrogen-bond donors (Lipinski definition) is 1. The van der Waals surface area contributed by atoms with E-state index in [1.165, 1.54) is 7.11 Å². The van der Waals surface area contributed by atoms with Crippen molar-refractivity contribution in [3.05, 3.63) is 69.7 Å². The van der Waals surface area contributed by atoms with Gasteiger partial charge in [-0.1, -0.05) is 53.5 Å². The highest BCUT2D eigenvalue weighted by molar-refractivity contribution is 6.31. The molecule has 1 amide bonds. The van der Waals surface area contributed by atoms with Gasteiger partial charge in [-0.15, -0.1) is 0 Å². The molecule has 2 aromatic rings. The van der Waals surface area contributed by atoms with Gasteiger partial charge in [-0.2, -0.15) is 0 Å². The molecule has 2 rings (SSSR count). The molecule has 0 heterocycles. The molecule has 0 aliphatic heterocycles. The SMILES string of the molecule is COC(=O)C(Cc1ccc(Cl)cc1)NC(=O)OCCc1ccccc1Cl. The fourth-order valence-electron chi connectivity index (χ4n) is 2.33. The molecular formula is C19H19Cl2NO4. The second-order valence-corrected chi connectivity index (χ2v) is 6.37. The van der Waals surface area contributed by atoms with Crippen molar-refractivity contribution in [1.82, 2.24) is 5.32 Å². The number of esters is 1. The van der Waals surface area contributed by atoms with E-state index in [0.29, 0.717) is 16.5 Å². The molecule has 7 heteroatoms. The van der Waals surface area contributed by atoms with Crippen molar-refractivity contribution in [2.75, 3.05) is 13.7 Å². The van der Waals surface area contributed by atoms with Gasteiger partial charge in [0.05, 0.1) is 13.7 Å². The third kappa shape index (κ3) is 6.24. The van der Waals surface area contributed by atoms with Crippen LogP contribution in [0, 0.1) is 0 Å². The lowest BCUT2D eigenvalue weighted by molar-refractivity contribution is -0.142. The highest BCUT2D eigenvalue weighted by atomic mass is 35.5. The molecule has 0 aromatic heterocycles. The van der Waals surface area contributed by atoms with E-state index >= 15 is 0 Å². The lowest BCUT2D eigenvalue weighted by atomic mass is 10.1. The van der Waals surface area contributed by atoms with Crippen molar-refractivity contribution in [1.29, 1.82) is 0 Å². The number of halogens is 2. The molecule has 1 unspecified atom stereocenters. The maximum Gasteiger partial charge on any atom is 0.407 e. The van der Waals surface area contributed by atoms with Gasteiger partial charge in [0.2, 0.25) is 0 Å². The molecule has 5 nitrogen and oxygen atoms in total. The molecule has 0 saturated heterocycles. The fourth-order valence-corrected chi connectivity index (χ4v) is 2.69. The van der Waals surface area contributed by atoms with Crippen LogP contribution in [0.2, 0.25) is 10.0 Å². The Labute approximate surface area is 162 Å². The van der Waals surface area contributed by atoms with Crippen LogP contribution in [0.1, 0.15) is 11.1 Å². The molecular weight excluding hydrogens is 377 g/mol. The minimum atomic E-state index is -0.853. The highest BCUT2D eigenvalue weighted by Gasteiger charge is 2.22. The van der Waals surface area contributed by atoms with Crippen LogP contribution >= 0.6 is 23.2 Å². The zero-order chi connectivity index (χ0) is 18.9. The fraction of sp³-hybridized carbons (Fsp3) is 0.263. The Morgan fingerprint density at radius 2 is 1.77 bits per heavy atom. The van der Waals surface area contributed by atoms with E-state index in [4.69, 9.17) is 32.7 Å². The van der Waals surface area contributed by atoms with Gasteiger partial charge in [0.1, 0.15) is 6.04 Å². The molecule has 138 valence electrons. The van der Waals surface area contributed by atoms with Crippen molar-refractivity contribution in [2.24, 2.45) is 0 Å². The lowest BCUT2D eigenvalue weighted by Gasteiger charge is -2.16. The summed E-state index contributed by atoms with van der Waals surface area (Å²) in [7, 11) is 1.27. The molecule has 26 heavy (non-hydrogen) atoms. The van der Waals surface area contributed by atoms with Gasteiger partial charge < -0.3 is 14.8 Å². The number of carbonyl (C=O) groups excluding carboxylic acids is 2. The molecule has 0 aliphatic rings. The summed E-state index contributed by atoms with van der Waals surface area (Å²) in [4.78, 5) is 23.9. The second-order valence-electron chi connectivity index (χ2n) is 5.53. The minimum absolute atomic E-state index is 0.143. The first-order chi connectivity index (χ1) is 12.5.